The number of rotatable bonds is 5. The summed E-state index contributed by atoms with van der Waals surface area (Å²) in [6.07, 6.45) is 7.67. The molecule has 1 fully saturated rings. The fraction of sp³-hybridized carbons (Fsp3) is 0.259. The molecule has 0 spiro atoms. The normalized spacial score (nSPS) is 17.8. The smallest absolute Gasteiger partial charge is 0.150 e. The van der Waals surface area contributed by atoms with Gasteiger partial charge in [0.05, 0.1) is 21.9 Å². The molecule has 4 aromatic heterocycles. The SMILES string of the molecule is CN(C)CC1CC(c2nc(-c3cc4nc(-c5ccccn5)ccc4cc3Cl)c3c(N)nccn23)C1. The zero-order chi connectivity index (χ0) is 24.1. The summed E-state index contributed by atoms with van der Waals surface area (Å²) in [7, 11) is 4.25. The van der Waals surface area contributed by atoms with Crippen molar-refractivity contribution in [1.82, 2.24) is 29.2 Å². The van der Waals surface area contributed by atoms with Crippen molar-refractivity contribution < 1.29 is 0 Å². The van der Waals surface area contributed by atoms with Crippen LogP contribution in [0.5, 0.6) is 0 Å². The second kappa shape index (κ2) is 8.59. The van der Waals surface area contributed by atoms with Crippen molar-refractivity contribution in [3.8, 4) is 22.6 Å². The van der Waals surface area contributed by atoms with Crippen LogP contribution in [0, 0.1) is 5.92 Å². The molecule has 1 aliphatic carbocycles. The monoisotopic (exact) mass is 483 g/mol. The minimum Gasteiger partial charge on any atom is -0.382 e. The van der Waals surface area contributed by atoms with Crippen LogP contribution in [-0.4, -0.2) is 49.9 Å². The van der Waals surface area contributed by atoms with E-state index in [1.165, 1.54) is 0 Å². The fourth-order valence-corrected chi connectivity index (χ4v) is 5.42. The maximum absolute atomic E-state index is 6.81. The molecule has 1 aromatic carbocycles. The standard InChI is InChI=1S/C27H26ClN7/c1-34(2)15-16-11-18(12-16)27-33-24(25-26(29)31-9-10-35(25)27)19-14-23-17(13-20(19)28)6-7-22(32-23)21-5-3-4-8-30-21/h3-10,13-14,16,18H,11-12,15H2,1-2H3,(H2,29,31). The molecule has 1 saturated carbocycles. The Hall–Kier alpha value is -3.55. The molecule has 0 aliphatic heterocycles. The predicted octanol–water partition coefficient (Wildman–Crippen LogP) is 5.30. The van der Waals surface area contributed by atoms with E-state index in [4.69, 9.17) is 27.3 Å². The first-order valence-electron chi connectivity index (χ1n) is 11.8. The topological polar surface area (TPSA) is 85.2 Å². The lowest BCUT2D eigenvalue weighted by Gasteiger charge is -2.36. The van der Waals surface area contributed by atoms with Crippen molar-refractivity contribution in [2.45, 2.75) is 18.8 Å². The number of nitrogens with two attached hydrogens (primary N) is 1. The number of nitrogens with zero attached hydrogens (tertiary/aromatic N) is 6. The van der Waals surface area contributed by atoms with Gasteiger partial charge in [0, 0.05) is 42.0 Å². The van der Waals surface area contributed by atoms with Crippen LogP contribution in [0.4, 0.5) is 5.82 Å². The average molecular weight is 484 g/mol. The number of nitrogen functional groups attached to an aromatic ring is 1. The minimum absolute atomic E-state index is 0.385. The summed E-state index contributed by atoms with van der Waals surface area (Å²) >= 11 is 6.81. The Morgan fingerprint density at radius 3 is 2.66 bits per heavy atom. The van der Waals surface area contributed by atoms with Crippen LogP contribution in [0.1, 0.15) is 24.6 Å². The van der Waals surface area contributed by atoms with Gasteiger partial charge in [-0.2, -0.15) is 0 Å². The first kappa shape index (κ1) is 21.9. The molecular weight excluding hydrogens is 458 g/mol. The highest BCUT2D eigenvalue weighted by molar-refractivity contribution is 6.34. The van der Waals surface area contributed by atoms with E-state index in [1.54, 1.807) is 12.4 Å². The number of hydrogen-bond donors (Lipinski definition) is 1. The summed E-state index contributed by atoms with van der Waals surface area (Å²) in [5.74, 6) is 2.53. The molecule has 4 heterocycles. The Balaban J connectivity index is 1.46. The second-order valence-corrected chi connectivity index (χ2v) is 9.99. The largest absolute Gasteiger partial charge is 0.382 e. The van der Waals surface area contributed by atoms with E-state index in [-0.39, 0.29) is 0 Å². The highest BCUT2D eigenvalue weighted by atomic mass is 35.5. The van der Waals surface area contributed by atoms with Crippen molar-refractivity contribution in [2.24, 2.45) is 5.92 Å². The molecule has 1 aliphatic rings. The zero-order valence-electron chi connectivity index (χ0n) is 19.7. The Kier molecular flexibility index (Phi) is 5.39. The number of anilines is 1. The van der Waals surface area contributed by atoms with Gasteiger partial charge in [-0.3, -0.25) is 9.38 Å². The van der Waals surface area contributed by atoms with Crippen molar-refractivity contribution >= 4 is 33.8 Å². The summed E-state index contributed by atoms with van der Waals surface area (Å²) in [4.78, 5) is 21.0. The molecule has 35 heavy (non-hydrogen) atoms. The molecule has 176 valence electrons. The van der Waals surface area contributed by atoms with Crippen LogP contribution in [-0.2, 0) is 0 Å². The first-order valence-corrected chi connectivity index (χ1v) is 12.1. The highest BCUT2D eigenvalue weighted by Crippen LogP contribution is 2.44. The van der Waals surface area contributed by atoms with Crippen LogP contribution in [0.15, 0.2) is 61.1 Å². The van der Waals surface area contributed by atoms with Crippen LogP contribution in [0.25, 0.3) is 39.1 Å². The molecule has 0 saturated heterocycles. The number of aromatic nitrogens is 5. The summed E-state index contributed by atoms with van der Waals surface area (Å²) in [5, 5.41) is 1.57. The van der Waals surface area contributed by atoms with E-state index in [2.05, 4.69) is 33.4 Å². The molecule has 8 heteroatoms. The van der Waals surface area contributed by atoms with E-state index in [0.717, 1.165) is 64.3 Å². The van der Waals surface area contributed by atoms with E-state index in [9.17, 15) is 0 Å². The van der Waals surface area contributed by atoms with Gasteiger partial charge >= 0.3 is 0 Å². The Labute approximate surface area is 208 Å². The lowest BCUT2D eigenvalue weighted by Crippen LogP contribution is -2.32. The lowest BCUT2D eigenvalue weighted by molar-refractivity contribution is 0.194. The summed E-state index contributed by atoms with van der Waals surface area (Å²) in [6, 6.07) is 13.7. The second-order valence-electron chi connectivity index (χ2n) is 9.58. The average Bonchev–Trinajstić information content (AvgIpc) is 3.21. The molecule has 0 bridgehead atoms. The van der Waals surface area contributed by atoms with Gasteiger partial charge in [0.2, 0.25) is 0 Å². The van der Waals surface area contributed by atoms with Crippen molar-refractivity contribution in [2.75, 3.05) is 26.4 Å². The molecule has 6 rings (SSSR count). The van der Waals surface area contributed by atoms with E-state index in [0.29, 0.717) is 22.7 Å². The number of fused-ring (bicyclic) bond motifs is 2. The van der Waals surface area contributed by atoms with Gasteiger partial charge in [0.1, 0.15) is 22.9 Å². The third-order valence-corrected chi connectivity index (χ3v) is 7.11. The van der Waals surface area contributed by atoms with Gasteiger partial charge in [-0.25, -0.2) is 15.0 Å². The van der Waals surface area contributed by atoms with E-state index in [1.807, 2.05) is 48.7 Å². The summed E-state index contributed by atoms with van der Waals surface area (Å²) in [6.45, 7) is 1.09. The van der Waals surface area contributed by atoms with Gasteiger partial charge in [0.25, 0.3) is 0 Å². The highest BCUT2D eigenvalue weighted by Gasteiger charge is 2.34. The van der Waals surface area contributed by atoms with Gasteiger partial charge < -0.3 is 10.6 Å². The van der Waals surface area contributed by atoms with Crippen LogP contribution < -0.4 is 5.73 Å². The molecule has 0 unspecified atom stereocenters. The van der Waals surface area contributed by atoms with Gasteiger partial charge in [-0.15, -0.1) is 0 Å². The first-order chi connectivity index (χ1) is 17.0. The van der Waals surface area contributed by atoms with Gasteiger partial charge in [-0.05, 0) is 63.2 Å². The minimum atomic E-state index is 0.385. The van der Waals surface area contributed by atoms with Crippen molar-refractivity contribution in [1.29, 1.82) is 0 Å². The number of halogens is 1. The predicted molar refractivity (Wildman–Crippen MR) is 140 cm³/mol. The fourth-order valence-electron chi connectivity index (χ4n) is 5.16. The van der Waals surface area contributed by atoms with Crippen LogP contribution in [0.2, 0.25) is 5.02 Å². The maximum Gasteiger partial charge on any atom is 0.150 e. The van der Waals surface area contributed by atoms with Crippen molar-refractivity contribution in [3.63, 3.8) is 0 Å². The quantitative estimate of drug-likeness (QED) is 0.365. The van der Waals surface area contributed by atoms with Crippen molar-refractivity contribution in [3.05, 3.63) is 71.9 Å². The summed E-state index contributed by atoms with van der Waals surface area (Å²) in [5.41, 5.74) is 11.2. The number of benzene rings is 1. The number of pyridine rings is 2. The molecule has 7 nitrogen and oxygen atoms in total. The van der Waals surface area contributed by atoms with Gasteiger partial charge in [-0.1, -0.05) is 23.7 Å². The lowest BCUT2D eigenvalue weighted by atomic mass is 9.74. The summed E-state index contributed by atoms with van der Waals surface area (Å²) < 4.78 is 2.09. The third-order valence-electron chi connectivity index (χ3n) is 6.80. The van der Waals surface area contributed by atoms with E-state index >= 15 is 0 Å². The Morgan fingerprint density at radius 1 is 1.03 bits per heavy atom. The van der Waals surface area contributed by atoms with Crippen LogP contribution in [0.3, 0.4) is 0 Å². The maximum atomic E-state index is 6.81. The molecule has 5 aromatic rings. The van der Waals surface area contributed by atoms with Crippen LogP contribution >= 0.6 is 11.6 Å². The zero-order valence-corrected chi connectivity index (χ0v) is 20.4. The molecule has 0 radical (unpaired) electrons. The van der Waals surface area contributed by atoms with Gasteiger partial charge in [0.15, 0.2) is 0 Å². The number of imidazole rings is 1. The molecule has 2 N–H and O–H groups in total. The van der Waals surface area contributed by atoms with E-state index < -0.39 is 0 Å². The Bertz CT molecular complexity index is 1540. The molecule has 0 amide bonds. The Morgan fingerprint density at radius 2 is 1.89 bits per heavy atom. The third kappa shape index (κ3) is 3.90. The number of hydrogen-bond acceptors (Lipinski definition) is 6. The molecule has 0 atom stereocenters. The molecular formula is C27H26ClN7.